The van der Waals surface area contributed by atoms with Crippen molar-refractivity contribution in [2.75, 3.05) is 6.61 Å². The maximum atomic E-state index is 9.36. The zero-order valence-electron chi connectivity index (χ0n) is 11.2. The summed E-state index contributed by atoms with van der Waals surface area (Å²) in [7, 11) is 0. The molecule has 0 aliphatic carbocycles. The largest absolute Gasteiger partial charge is 0.508 e. The lowest BCUT2D eigenvalue weighted by atomic mass is 10.1. The molecule has 1 heterocycles. The van der Waals surface area contributed by atoms with Crippen molar-refractivity contribution in [3.8, 4) is 22.8 Å². The molecule has 0 aliphatic rings. The Hall–Kier alpha value is -2.55. The van der Waals surface area contributed by atoms with E-state index in [0.29, 0.717) is 12.4 Å². The van der Waals surface area contributed by atoms with E-state index in [1.807, 2.05) is 49.4 Å². The van der Waals surface area contributed by atoms with Crippen molar-refractivity contribution in [3.63, 3.8) is 0 Å². The van der Waals surface area contributed by atoms with Crippen LogP contribution in [0.3, 0.4) is 0 Å². The molecule has 2 aromatic carbocycles. The first-order chi connectivity index (χ1) is 9.78. The highest BCUT2D eigenvalue weighted by molar-refractivity contribution is 5.85. The van der Waals surface area contributed by atoms with Crippen LogP contribution in [-0.4, -0.2) is 11.7 Å². The third-order valence-electron chi connectivity index (χ3n) is 3.09. The Labute approximate surface area is 117 Å². The summed E-state index contributed by atoms with van der Waals surface area (Å²) >= 11 is 0. The van der Waals surface area contributed by atoms with Gasteiger partial charge in [0.15, 0.2) is 0 Å². The molecule has 20 heavy (non-hydrogen) atoms. The highest BCUT2D eigenvalue weighted by Crippen LogP contribution is 2.33. The molecule has 3 nitrogen and oxygen atoms in total. The number of ether oxygens (including phenoxy) is 1. The van der Waals surface area contributed by atoms with Gasteiger partial charge in [-0.05, 0) is 37.3 Å². The first-order valence-corrected chi connectivity index (χ1v) is 6.56. The normalized spacial score (nSPS) is 10.7. The Bertz CT molecular complexity index is 733. The number of phenolic OH excluding ortho intramolecular Hbond substituents is 1. The molecule has 3 rings (SSSR count). The molecule has 1 aromatic heterocycles. The van der Waals surface area contributed by atoms with Gasteiger partial charge in [0.05, 0.1) is 18.2 Å². The van der Waals surface area contributed by atoms with Crippen LogP contribution < -0.4 is 4.74 Å². The van der Waals surface area contributed by atoms with Crippen molar-refractivity contribution in [3.05, 3.63) is 54.6 Å². The Morgan fingerprint density at radius 2 is 1.80 bits per heavy atom. The zero-order valence-corrected chi connectivity index (χ0v) is 11.2. The van der Waals surface area contributed by atoms with Crippen molar-refractivity contribution in [2.24, 2.45) is 0 Å². The van der Waals surface area contributed by atoms with E-state index in [1.165, 1.54) is 0 Å². The predicted octanol–water partition coefficient (Wildman–Crippen LogP) is 4.49. The monoisotopic (exact) mass is 267 g/mol. The Morgan fingerprint density at radius 3 is 2.55 bits per heavy atom. The molecule has 0 radical (unpaired) electrons. The fraction of sp³-hybridized carbons (Fsp3) is 0.118. The topological polar surface area (TPSA) is 40.8 Å². The molecule has 3 aromatic rings. The van der Waals surface area contributed by atoms with Gasteiger partial charge >= 0.3 is 11.3 Å². The molecule has 0 aliphatic heterocycles. The minimum atomic E-state index is 0.236. The van der Waals surface area contributed by atoms with Gasteiger partial charge in [-0.1, -0.05) is 12.1 Å². The summed E-state index contributed by atoms with van der Waals surface area (Å²) in [6.07, 6.45) is 0. The molecule has 3 heteroatoms. The summed E-state index contributed by atoms with van der Waals surface area (Å²) in [6.45, 7) is 2.56. The number of para-hydroxylation sites is 1. The molecule has 0 saturated carbocycles. The number of benzene rings is 2. The van der Waals surface area contributed by atoms with Gasteiger partial charge in [0.2, 0.25) is 0 Å². The SMILES string of the molecule is CCOc1cc(-c2ccc(O)cc2)[o+]c2ccccc12. The number of hydrogen-bond acceptors (Lipinski definition) is 2. The molecule has 0 atom stereocenters. The van der Waals surface area contributed by atoms with E-state index in [9.17, 15) is 5.11 Å². The van der Waals surface area contributed by atoms with Crippen molar-refractivity contribution in [2.45, 2.75) is 6.92 Å². The van der Waals surface area contributed by atoms with E-state index in [-0.39, 0.29) is 5.75 Å². The summed E-state index contributed by atoms with van der Waals surface area (Å²) in [5.74, 6) is 1.75. The van der Waals surface area contributed by atoms with Crippen molar-refractivity contribution in [1.29, 1.82) is 0 Å². The molecule has 0 saturated heterocycles. The summed E-state index contributed by atoms with van der Waals surface area (Å²) < 4.78 is 11.6. The van der Waals surface area contributed by atoms with Crippen LogP contribution in [0.25, 0.3) is 22.3 Å². The molecule has 100 valence electrons. The number of fused-ring (bicyclic) bond motifs is 1. The third kappa shape index (κ3) is 2.30. The average molecular weight is 267 g/mol. The van der Waals surface area contributed by atoms with Gasteiger partial charge in [0.1, 0.15) is 16.9 Å². The Kier molecular flexibility index (Phi) is 3.25. The highest BCUT2D eigenvalue weighted by Gasteiger charge is 2.19. The van der Waals surface area contributed by atoms with E-state index >= 15 is 0 Å². The number of hydrogen-bond donors (Lipinski definition) is 1. The van der Waals surface area contributed by atoms with E-state index in [0.717, 1.165) is 22.3 Å². The van der Waals surface area contributed by atoms with Crippen LogP contribution in [0.5, 0.6) is 11.5 Å². The van der Waals surface area contributed by atoms with Crippen molar-refractivity contribution >= 4 is 11.0 Å². The minimum absolute atomic E-state index is 0.236. The van der Waals surface area contributed by atoms with Gasteiger partial charge in [-0.2, -0.15) is 0 Å². The second-order valence-electron chi connectivity index (χ2n) is 4.45. The van der Waals surface area contributed by atoms with Gasteiger partial charge in [0.25, 0.3) is 0 Å². The van der Waals surface area contributed by atoms with Gasteiger partial charge in [-0.3, -0.25) is 0 Å². The first-order valence-electron chi connectivity index (χ1n) is 6.56. The van der Waals surface area contributed by atoms with Gasteiger partial charge in [0, 0.05) is 6.07 Å². The Balaban J connectivity index is 2.18. The van der Waals surface area contributed by atoms with Crippen LogP contribution in [0, 0.1) is 0 Å². The van der Waals surface area contributed by atoms with Crippen LogP contribution in [0.4, 0.5) is 0 Å². The molecule has 0 bridgehead atoms. The molecule has 0 amide bonds. The molecule has 1 N–H and O–H groups in total. The summed E-state index contributed by atoms with van der Waals surface area (Å²) in [6, 6.07) is 16.6. The van der Waals surface area contributed by atoms with Crippen LogP contribution in [-0.2, 0) is 0 Å². The number of phenols is 1. The molecular formula is C17H15O3+. The molecule has 0 spiro atoms. The maximum Gasteiger partial charge on any atom is 0.364 e. The lowest BCUT2D eigenvalue weighted by Crippen LogP contribution is -1.93. The van der Waals surface area contributed by atoms with E-state index in [4.69, 9.17) is 9.15 Å². The van der Waals surface area contributed by atoms with Gasteiger partial charge < -0.3 is 9.84 Å². The van der Waals surface area contributed by atoms with Crippen molar-refractivity contribution < 1.29 is 14.3 Å². The maximum absolute atomic E-state index is 9.36. The first kappa shape index (κ1) is 12.5. The summed E-state index contributed by atoms with van der Waals surface area (Å²) in [5, 5.41) is 10.3. The van der Waals surface area contributed by atoms with E-state index in [1.54, 1.807) is 12.1 Å². The average Bonchev–Trinajstić information content (AvgIpc) is 2.48. The Morgan fingerprint density at radius 1 is 1.05 bits per heavy atom. The van der Waals surface area contributed by atoms with Gasteiger partial charge in [-0.15, -0.1) is 0 Å². The number of aromatic hydroxyl groups is 1. The quantitative estimate of drug-likeness (QED) is 0.711. The number of rotatable bonds is 3. The molecule has 0 unspecified atom stereocenters. The lowest BCUT2D eigenvalue weighted by Gasteiger charge is -2.03. The second kappa shape index (κ2) is 5.21. The van der Waals surface area contributed by atoms with Crippen LogP contribution in [0.1, 0.15) is 6.92 Å². The van der Waals surface area contributed by atoms with Crippen LogP contribution in [0.2, 0.25) is 0 Å². The third-order valence-corrected chi connectivity index (χ3v) is 3.09. The lowest BCUT2D eigenvalue weighted by molar-refractivity contribution is 0.342. The van der Waals surface area contributed by atoms with E-state index < -0.39 is 0 Å². The van der Waals surface area contributed by atoms with Crippen LogP contribution in [0.15, 0.2) is 59.0 Å². The van der Waals surface area contributed by atoms with Crippen molar-refractivity contribution in [1.82, 2.24) is 0 Å². The second-order valence-corrected chi connectivity index (χ2v) is 4.45. The predicted molar refractivity (Wildman–Crippen MR) is 78.9 cm³/mol. The summed E-state index contributed by atoms with van der Waals surface area (Å²) in [5.41, 5.74) is 1.68. The summed E-state index contributed by atoms with van der Waals surface area (Å²) in [4.78, 5) is 0. The fourth-order valence-electron chi connectivity index (χ4n) is 2.15. The molecule has 0 fully saturated rings. The highest BCUT2D eigenvalue weighted by atomic mass is 16.5. The molecular weight excluding hydrogens is 252 g/mol. The smallest absolute Gasteiger partial charge is 0.364 e. The van der Waals surface area contributed by atoms with Gasteiger partial charge in [-0.25, -0.2) is 4.42 Å². The van der Waals surface area contributed by atoms with E-state index in [2.05, 4.69) is 0 Å². The zero-order chi connectivity index (χ0) is 13.9. The standard InChI is InChI=1S/C17H14O3/c1-2-19-17-11-16(12-7-9-13(18)10-8-12)20-15-6-4-3-5-14(15)17/h3-11H,2H2,1H3/p+1. The minimum Gasteiger partial charge on any atom is -0.508 e. The fourth-order valence-corrected chi connectivity index (χ4v) is 2.15. The van der Waals surface area contributed by atoms with Crippen LogP contribution >= 0.6 is 0 Å².